The summed E-state index contributed by atoms with van der Waals surface area (Å²) in [6.45, 7) is 0.736. The monoisotopic (exact) mass is 326 g/mol. The van der Waals surface area contributed by atoms with Gasteiger partial charge in [-0.2, -0.15) is 5.10 Å². The van der Waals surface area contributed by atoms with Crippen LogP contribution in [-0.2, 0) is 20.1 Å². The van der Waals surface area contributed by atoms with Crippen LogP contribution in [0.2, 0.25) is 0 Å². The minimum atomic E-state index is -0.217. The summed E-state index contributed by atoms with van der Waals surface area (Å²) in [7, 11) is 3.54. The van der Waals surface area contributed by atoms with Gasteiger partial charge in [0.25, 0.3) is 11.5 Å². The summed E-state index contributed by atoms with van der Waals surface area (Å²) in [5.41, 5.74) is 0.825. The molecule has 3 aromatic heterocycles. The topological polar surface area (TPSA) is 73.3 Å². The van der Waals surface area contributed by atoms with Crippen LogP contribution >= 0.6 is 0 Å². The number of aryl methyl sites for hydroxylation is 1. The van der Waals surface area contributed by atoms with Crippen LogP contribution < -0.4 is 5.56 Å². The number of hydrogen-bond donors (Lipinski definition) is 0. The van der Waals surface area contributed by atoms with Crippen molar-refractivity contribution >= 4 is 5.91 Å². The summed E-state index contributed by atoms with van der Waals surface area (Å²) < 4.78 is 8.81. The first-order valence-corrected chi connectivity index (χ1v) is 7.50. The molecular weight excluding hydrogens is 308 g/mol. The van der Waals surface area contributed by atoms with Crippen LogP contribution in [0.15, 0.2) is 58.1 Å². The Kier molecular flexibility index (Phi) is 4.33. The Bertz CT molecular complexity index is 906. The SMILES string of the molecule is CN(Cc1cnn(C)c1)C(=O)c1ccc(Cn2ccccc2=O)o1. The fraction of sp³-hybridized carbons (Fsp3) is 0.235. The molecule has 0 atom stereocenters. The van der Waals surface area contributed by atoms with E-state index >= 15 is 0 Å². The molecule has 3 rings (SSSR count). The predicted molar refractivity (Wildman–Crippen MR) is 87.5 cm³/mol. The summed E-state index contributed by atoms with van der Waals surface area (Å²) in [6, 6.07) is 8.29. The van der Waals surface area contributed by atoms with Crippen molar-refractivity contribution < 1.29 is 9.21 Å². The minimum absolute atomic E-state index is 0.115. The van der Waals surface area contributed by atoms with E-state index in [0.717, 1.165) is 5.56 Å². The summed E-state index contributed by atoms with van der Waals surface area (Å²) >= 11 is 0. The van der Waals surface area contributed by atoms with E-state index in [4.69, 9.17) is 4.42 Å². The highest BCUT2D eigenvalue weighted by Gasteiger charge is 2.17. The van der Waals surface area contributed by atoms with Crippen molar-refractivity contribution in [3.8, 4) is 0 Å². The van der Waals surface area contributed by atoms with E-state index in [-0.39, 0.29) is 17.2 Å². The van der Waals surface area contributed by atoms with Crippen LogP contribution in [0.25, 0.3) is 0 Å². The van der Waals surface area contributed by atoms with E-state index in [9.17, 15) is 9.59 Å². The maximum Gasteiger partial charge on any atom is 0.289 e. The molecule has 7 nitrogen and oxygen atoms in total. The molecule has 0 N–H and O–H groups in total. The molecule has 0 unspecified atom stereocenters. The normalized spacial score (nSPS) is 10.8. The molecular formula is C17H18N4O3. The maximum absolute atomic E-state index is 12.4. The van der Waals surface area contributed by atoms with E-state index in [1.807, 2.05) is 13.2 Å². The third-order valence-electron chi connectivity index (χ3n) is 3.62. The Morgan fingerprint density at radius 3 is 2.83 bits per heavy atom. The molecule has 0 fully saturated rings. The summed E-state index contributed by atoms with van der Waals surface area (Å²) in [6.07, 6.45) is 5.26. The fourth-order valence-corrected chi connectivity index (χ4v) is 2.42. The Morgan fingerprint density at radius 2 is 2.12 bits per heavy atom. The molecule has 0 saturated heterocycles. The van der Waals surface area contributed by atoms with Gasteiger partial charge in [0, 0.05) is 44.7 Å². The van der Waals surface area contributed by atoms with Gasteiger partial charge in [0.1, 0.15) is 5.76 Å². The van der Waals surface area contributed by atoms with Gasteiger partial charge in [-0.25, -0.2) is 0 Å². The lowest BCUT2D eigenvalue weighted by molar-refractivity contribution is 0.0751. The average Bonchev–Trinajstić information content (AvgIpc) is 3.18. The standard InChI is InChI=1S/C17H18N4O3/c1-19(10-13-9-18-20(2)11-13)17(23)15-7-6-14(24-15)12-21-8-4-3-5-16(21)22/h3-9,11H,10,12H2,1-2H3. The van der Waals surface area contributed by atoms with Gasteiger partial charge in [0.15, 0.2) is 5.76 Å². The molecule has 0 aromatic carbocycles. The molecule has 0 radical (unpaired) electrons. The van der Waals surface area contributed by atoms with E-state index < -0.39 is 0 Å². The second-order valence-electron chi connectivity index (χ2n) is 5.62. The smallest absolute Gasteiger partial charge is 0.289 e. The lowest BCUT2D eigenvalue weighted by Gasteiger charge is -2.14. The molecule has 0 aliphatic carbocycles. The largest absolute Gasteiger partial charge is 0.454 e. The quantitative estimate of drug-likeness (QED) is 0.712. The second kappa shape index (κ2) is 6.57. The Morgan fingerprint density at radius 1 is 1.29 bits per heavy atom. The van der Waals surface area contributed by atoms with Crippen molar-refractivity contribution in [2.75, 3.05) is 7.05 Å². The lowest BCUT2D eigenvalue weighted by Crippen LogP contribution is -2.25. The van der Waals surface area contributed by atoms with E-state index in [1.54, 1.807) is 53.3 Å². The van der Waals surface area contributed by atoms with Crippen molar-refractivity contribution in [1.29, 1.82) is 0 Å². The zero-order valence-corrected chi connectivity index (χ0v) is 13.5. The highest BCUT2D eigenvalue weighted by atomic mass is 16.4. The average molecular weight is 326 g/mol. The summed E-state index contributed by atoms with van der Waals surface area (Å²) in [4.78, 5) is 25.7. The van der Waals surface area contributed by atoms with E-state index in [0.29, 0.717) is 18.8 Å². The van der Waals surface area contributed by atoms with Crippen LogP contribution in [0.3, 0.4) is 0 Å². The number of carbonyl (C=O) groups excluding carboxylic acids is 1. The number of rotatable bonds is 5. The Labute approximate surface area is 138 Å². The molecule has 0 aliphatic rings. The number of amides is 1. The highest BCUT2D eigenvalue weighted by Crippen LogP contribution is 2.13. The van der Waals surface area contributed by atoms with Crippen molar-refractivity contribution in [3.05, 3.63) is 76.4 Å². The molecule has 124 valence electrons. The highest BCUT2D eigenvalue weighted by molar-refractivity contribution is 5.91. The summed E-state index contributed by atoms with van der Waals surface area (Å²) in [5.74, 6) is 0.590. The molecule has 0 saturated carbocycles. The van der Waals surface area contributed by atoms with Gasteiger partial charge >= 0.3 is 0 Å². The Balaban J connectivity index is 1.69. The molecule has 0 spiro atoms. The lowest BCUT2D eigenvalue weighted by atomic mass is 10.3. The van der Waals surface area contributed by atoms with Gasteiger partial charge < -0.3 is 13.9 Å². The first-order chi connectivity index (χ1) is 11.5. The van der Waals surface area contributed by atoms with Crippen molar-refractivity contribution in [2.45, 2.75) is 13.1 Å². The van der Waals surface area contributed by atoms with Crippen LogP contribution in [-0.4, -0.2) is 32.2 Å². The molecule has 0 bridgehead atoms. The van der Waals surface area contributed by atoms with Gasteiger partial charge in [0.2, 0.25) is 0 Å². The predicted octanol–water partition coefficient (Wildman–Crippen LogP) is 1.50. The number of furan rings is 1. The molecule has 1 amide bonds. The summed E-state index contributed by atoms with van der Waals surface area (Å²) in [5, 5.41) is 4.08. The van der Waals surface area contributed by atoms with Crippen molar-refractivity contribution in [1.82, 2.24) is 19.2 Å². The van der Waals surface area contributed by atoms with Crippen molar-refractivity contribution in [3.63, 3.8) is 0 Å². The first kappa shape index (κ1) is 15.8. The number of pyridine rings is 1. The Hall–Kier alpha value is -3.09. The van der Waals surface area contributed by atoms with Gasteiger partial charge in [-0.3, -0.25) is 14.3 Å². The number of carbonyl (C=O) groups is 1. The first-order valence-electron chi connectivity index (χ1n) is 7.50. The zero-order chi connectivity index (χ0) is 17.1. The number of hydrogen-bond acceptors (Lipinski definition) is 4. The molecule has 0 aliphatic heterocycles. The van der Waals surface area contributed by atoms with E-state index in [1.165, 1.54) is 10.6 Å². The zero-order valence-electron chi connectivity index (χ0n) is 13.5. The maximum atomic E-state index is 12.4. The van der Waals surface area contributed by atoms with Gasteiger partial charge in [0.05, 0.1) is 12.7 Å². The fourth-order valence-electron chi connectivity index (χ4n) is 2.42. The van der Waals surface area contributed by atoms with Gasteiger partial charge in [-0.1, -0.05) is 6.07 Å². The molecule has 7 heteroatoms. The van der Waals surface area contributed by atoms with Gasteiger partial charge in [-0.15, -0.1) is 0 Å². The molecule has 3 heterocycles. The number of aromatic nitrogens is 3. The van der Waals surface area contributed by atoms with Crippen molar-refractivity contribution in [2.24, 2.45) is 7.05 Å². The van der Waals surface area contributed by atoms with E-state index in [2.05, 4.69) is 5.10 Å². The molecule has 24 heavy (non-hydrogen) atoms. The molecule has 3 aromatic rings. The van der Waals surface area contributed by atoms with Gasteiger partial charge in [-0.05, 0) is 18.2 Å². The minimum Gasteiger partial charge on any atom is -0.454 e. The number of nitrogens with zero attached hydrogens (tertiary/aromatic N) is 4. The third-order valence-corrected chi connectivity index (χ3v) is 3.62. The van der Waals surface area contributed by atoms with Crippen LogP contribution in [0.4, 0.5) is 0 Å². The van der Waals surface area contributed by atoms with Crippen LogP contribution in [0.5, 0.6) is 0 Å². The third kappa shape index (κ3) is 3.45. The second-order valence-corrected chi connectivity index (χ2v) is 5.62. The van der Waals surface area contributed by atoms with Crippen LogP contribution in [0.1, 0.15) is 21.9 Å². The van der Waals surface area contributed by atoms with Crippen LogP contribution in [0, 0.1) is 0 Å².